The molecule has 0 atom stereocenters. The van der Waals surface area contributed by atoms with Crippen LogP contribution < -0.4 is 11.1 Å². The van der Waals surface area contributed by atoms with Gasteiger partial charge in [0.2, 0.25) is 5.91 Å². The normalized spacial score (nSPS) is 10.8. The van der Waals surface area contributed by atoms with Gasteiger partial charge in [0.15, 0.2) is 0 Å². The Morgan fingerprint density at radius 3 is 2.68 bits per heavy atom. The predicted molar refractivity (Wildman–Crippen MR) is 83.9 cm³/mol. The molecular formula is C16H15FN4O. The fourth-order valence-corrected chi connectivity index (χ4v) is 2.21. The van der Waals surface area contributed by atoms with Crippen LogP contribution in [0.2, 0.25) is 0 Å². The second-order valence-electron chi connectivity index (χ2n) is 4.90. The Morgan fingerprint density at radius 2 is 2.00 bits per heavy atom. The second-order valence-corrected chi connectivity index (χ2v) is 4.90. The summed E-state index contributed by atoms with van der Waals surface area (Å²) in [7, 11) is 0. The van der Waals surface area contributed by atoms with Gasteiger partial charge in [-0.3, -0.25) is 9.20 Å². The average Bonchev–Trinajstić information content (AvgIpc) is 2.85. The highest BCUT2D eigenvalue weighted by atomic mass is 19.1. The molecular weight excluding hydrogens is 283 g/mol. The number of carbonyl (C=O) groups excluding carboxylic acids is 1. The topological polar surface area (TPSA) is 72.4 Å². The van der Waals surface area contributed by atoms with Crippen LogP contribution in [-0.2, 0) is 4.79 Å². The van der Waals surface area contributed by atoms with E-state index in [0.717, 1.165) is 5.56 Å². The van der Waals surface area contributed by atoms with E-state index in [1.54, 1.807) is 25.1 Å². The van der Waals surface area contributed by atoms with Crippen LogP contribution in [0.4, 0.5) is 15.9 Å². The first-order valence-electron chi connectivity index (χ1n) is 6.92. The molecule has 0 aliphatic carbocycles. The Kier molecular flexibility index (Phi) is 3.50. The second kappa shape index (κ2) is 5.48. The Balaban J connectivity index is 1.97. The number of nitrogens with two attached hydrogens (primary N) is 1. The molecule has 0 bridgehead atoms. The van der Waals surface area contributed by atoms with Crippen molar-refractivity contribution in [3.63, 3.8) is 0 Å². The lowest BCUT2D eigenvalue weighted by atomic mass is 10.1. The Bertz CT molecular complexity index is 839. The van der Waals surface area contributed by atoms with E-state index in [4.69, 9.17) is 5.73 Å². The van der Waals surface area contributed by atoms with Crippen molar-refractivity contribution >= 4 is 23.1 Å². The number of nitrogens with one attached hydrogen (secondary N) is 1. The molecule has 112 valence electrons. The highest BCUT2D eigenvalue weighted by Gasteiger charge is 2.12. The summed E-state index contributed by atoms with van der Waals surface area (Å²) in [6.45, 7) is 1.79. The van der Waals surface area contributed by atoms with Gasteiger partial charge in [-0.1, -0.05) is 19.1 Å². The first-order chi connectivity index (χ1) is 10.6. The molecule has 3 N–H and O–H groups in total. The molecule has 3 aromatic rings. The van der Waals surface area contributed by atoms with Crippen molar-refractivity contribution in [2.75, 3.05) is 11.1 Å². The first kappa shape index (κ1) is 14.1. The van der Waals surface area contributed by atoms with Crippen LogP contribution in [0.15, 0.2) is 42.6 Å². The summed E-state index contributed by atoms with van der Waals surface area (Å²) < 4.78 is 14.8. The number of anilines is 2. The smallest absolute Gasteiger partial charge is 0.224 e. The lowest BCUT2D eigenvalue weighted by Gasteiger charge is -2.04. The van der Waals surface area contributed by atoms with Gasteiger partial charge >= 0.3 is 0 Å². The summed E-state index contributed by atoms with van der Waals surface area (Å²) in [5.41, 5.74) is 8.72. The molecule has 0 spiro atoms. The number of imidazole rings is 1. The molecule has 2 heterocycles. The third-order valence-electron chi connectivity index (χ3n) is 3.38. The summed E-state index contributed by atoms with van der Waals surface area (Å²) in [6.07, 6.45) is 1.73. The Morgan fingerprint density at radius 1 is 1.27 bits per heavy atom. The number of nitrogen functional groups attached to an aromatic ring is 1. The Hall–Kier alpha value is -2.89. The number of aromatic nitrogens is 2. The molecule has 0 fully saturated rings. The van der Waals surface area contributed by atoms with Crippen LogP contribution in [0.5, 0.6) is 0 Å². The molecule has 0 radical (unpaired) electrons. The van der Waals surface area contributed by atoms with E-state index in [2.05, 4.69) is 10.3 Å². The number of nitrogens with zero attached hydrogens (tertiary/aromatic N) is 2. The van der Waals surface area contributed by atoms with Crippen molar-refractivity contribution in [2.24, 2.45) is 0 Å². The van der Waals surface area contributed by atoms with Gasteiger partial charge in [-0.15, -0.1) is 0 Å². The van der Waals surface area contributed by atoms with Gasteiger partial charge in [0.25, 0.3) is 0 Å². The highest BCUT2D eigenvalue weighted by molar-refractivity contribution is 5.90. The fourth-order valence-electron chi connectivity index (χ4n) is 2.21. The number of pyridine rings is 1. The summed E-state index contributed by atoms with van der Waals surface area (Å²) in [5.74, 6) is -0.0453. The number of fused-ring (bicyclic) bond motifs is 1. The average molecular weight is 298 g/mol. The van der Waals surface area contributed by atoms with E-state index in [1.165, 1.54) is 16.7 Å². The molecule has 0 aliphatic heterocycles. The summed E-state index contributed by atoms with van der Waals surface area (Å²) in [4.78, 5) is 15.8. The van der Waals surface area contributed by atoms with Crippen LogP contribution in [0.25, 0.3) is 16.9 Å². The molecule has 2 aromatic heterocycles. The number of halogens is 1. The minimum absolute atomic E-state index is 0.0459. The molecule has 0 saturated carbocycles. The molecule has 0 saturated heterocycles. The number of hydrogen-bond acceptors (Lipinski definition) is 3. The van der Waals surface area contributed by atoms with Crippen LogP contribution in [0.1, 0.15) is 13.3 Å². The van der Waals surface area contributed by atoms with Crippen LogP contribution in [-0.4, -0.2) is 15.3 Å². The molecule has 6 heteroatoms. The third-order valence-corrected chi connectivity index (χ3v) is 3.38. The number of carbonyl (C=O) groups is 1. The van der Waals surface area contributed by atoms with Crippen LogP contribution >= 0.6 is 0 Å². The number of benzene rings is 1. The van der Waals surface area contributed by atoms with E-state index in [9.17, 15) is 9.18 Å². The molecule has 1 aromatic carbocycles. The zero-order valence-electron chi connectivity index (χ0n) is 12.0. The standard InChI is InChI=1S/C16H15FN4O/c1-2-14(22)19-12-6-3-10(4-7-12)15-16(18)21-9-11(17)5-8-13(21)20-15/h3-9H,2,18H2,1H3,(H,19,22). The molecule has 5 nitrogen and oxygen atoms in total. The summed E-state index contributed by atoms with van der Waals surface area (Å²) in [6, 6.07) is 10.1. The molecule has 3 rings (SSSR count). The van der Waals surface area contributed by atoms with Crippen molar-refractivity contribution in [3.05, 3.63) is 48.4 Å². The van der Waals surface area contributed by atoms with Crippen molar-refractivity contribution < 1.29 is 9.18 Å². The van der Waals surface area contributed by atoms with E-state index in [1.807, 2.05) is 12.1 Å². The van der Waals surface area contributed by atoms with Gasteiger partial charge in [0, 0.05) is 23.9 Å². The van der Waals surface area contributed by atoms with E-state index in [0.29, 0.717) is 29.3 Å². The lowest BCUT2D eigenvalue weighted by molar-refractivity contribution is -0.115. The highest BCUT2D eigenvalue weighted by Crippen LogP contribution is 2.27. The van der Waals surface area contributed by atoms with Gasteiger partial charge < -0.3 is 11.1 Å². The van der Waals surface area contributed by atoms with Crippen LogP contribution in [0.3, 0.4) is 0 Å². The number of amides is 1. The zero-order chi connectivity index (χ0) is 15.7. The van der Waals surface area contributed by atoms with E-state index in [-0.39, 0.29) is 11.7 Å². The van der Waals surface area contributed by atoms with Crippen molar-refractivity contribution in [2.45, 2.75) is 13.3 Å². The monoisotopic (exact) mass is 298 g/mol. The predicted octanol–water partition coefficient (Wildman–Crippen LogP) is 3.07. The maximum Gasteiger partial charge on any atom is 0.224 e. The van der Waals surface area contributed by atoms with Crippen molar-refractivity contribution in [1.82, 2.24) is 9.38 Å². The summed E-state index contributed by atoms with van der Waals surface area (Å²) >= 11 is 0. The summed E-state index contributed by atoms with van der Waals surface area (Å²) in [5, 5.41) is 2.77. The molecule has 0 unspecified atom stereocenters. The largest absolute Gasteiger partial charge is 0.383 e. The number of hydrogen-bond donors (Lipinski definition) is 2. The fraction of sp³-hybridized carbons (Fsp3) is 0.125. The van der Waals surface area contributed by atoms with Gasteiger partial charge in [-0.2, -0.15) is 0 Å². The van der Waals surface area contributed by atoms with E-state index >= 15 is 0 Å². The third kappa shape index (κ3) is 2.50. The number of rotatable bonds is 3. The van der Waals surface area contributed by atoms with Gasteiger partial charge in [0.1, 0.15) is 23.0 Å². The van der Waals surface area contributed by atoms with Crippen LogP contribution in [0, 0.1) is 5.82 Å². The zero-order valence-corrected chi connectivity index (χ0v) is 12.0. The maximum atomic E-state index is 13.3. The van der Waals surface area contributed by atoms with Gasteiger partial charge in [-0.05, 0) is 24.3 Å². The van der Waals surface area contributed by atoms with Crippen molar-refractivity contribution in [3.8, 4) is 11.3 Å². The SMILES string of the molecule is CCC(=O)Nc1ccc(-c2nc3ccc(F)cn3c2N)cc1. The molecule has 22 heavy (non-hydrogen) atoms. The van der Waals surface area contributed by atoms with Gasteiger partial charge in [0.05, 0.1) is 0 Å². The maximum absolute atomic E-state index is 13.3. The molecule has 0 aliphatic rings. The minimum Gasteiger partial charge on any atom is -0.383 e. The van der Waals surface area contributed by atoms with E-state index < -0.39 is 0 Å². The quantitative estimate of drug-likeness (QED) is 0.780. The lowest BCUT2D eigenvalue weighted by Crippen LogP contribution is -2.09. The van der Waals surface area contributed by atoms with Gasteiger partial charge in [-0.25, -0.2) is 9.37 Å². The molecule has 1 amide bonds. The minimum atomic E-state index is -0.374. The van der Waals surface area contributed by atoms with Crippen molar-refractivity contribution in [1.29, 1.82) is 0 Å². The first-order valence-corrected chi connectivity index (χ1v) is 6.92. The Labute approximate surface area is 126 Å².